The Labute approximate surface area is 112 Å². The highest BCUT2D eigenvalue weighted by molar-refractivity contribution is 5.72. The third-order valence-electron chi connectivity index (χ3n) is 2.75. The highest BCUT2D eigenvalue weighted by atomic mass is 16.5. The number of aryl methyl sites for hydroxylation is 1. The number of rotatable bonds is 5. The second kappa shape index (κ2) is 6.59. The van der Waals surface area contributed by atoms with E-state index >= 15 is 0 Å². The molecular formula is C16H16O3. The normalized spacial score (nSPS) is 9.95. The lowest BCUT2D eigenvalue weighted by atomic mass is 10.1. The number of hydrogen-bond donors (Lipinski definition) is 0. The van der Waals surface area contributed by atoms with Crippen LogP contribution < -0.4 is 9.47 Å². The predicted molar refractivity (Wildman–Crippen MR) is 73.4 cm³/mol. The van der Waals surface area contributed by atoms with E-state index in [1.165, 1.54) is 0 Å². The summed E-state index contributed by atoms with van der Waals surface area (Å²) >= 11 is 0. The molecule has 0 radical (unpaired) electrons. The van der Waals surface area contributed by atoms with E-state index in [9.17, 15) is 4.79 Å². The number of carbonyl (C=O) groups excluding carboxylic acids is 1. The van der Waals surface area contributed by atoms with Gasteiger partial charge in [0.2, 0.25) is 0 Å². The number of esters is 1. The van der Waals surface area contributed by atoms with Gasteiger partial charge >= 0.3 is 5.97 Å². The average Bonchev–Trinajstić information content (AvgIpc) is 2.47. The maximum Gasteiger partial charge on any atom is 0.311 e. The fraction of sp³-hybridized carbons (Fsp3) is 0.188. The maximum atomic E-state index is 11.7. The van der Waals surface area contributed by atoms with Gasteiger partial charge in [0.1, 0.15) is 11.5 Å². The summed E-state index contributed by atoms with van der Waals surface area (Å²) in [6, 6.07) is 16.9. The van der Waals surface area contributed by atoms with Crippen LogP contribution in [0, 0.1) is 0 Å². The first-order chi connectivity index (χ1) is 9.28. The highest BCUT2D eigenvalue weighted by Crippen LogP contribution is 2.17. The van der Waals surface area contributed by atoms with Crippen molar-refractivity contribution in [1.82, 2.24) is 0 Å². The van der Waals surface area contributed by atoms with Gasteiger partial charge in [-0.2, -0.15) is 0 Å². The standard InChI is InChI=1S/C16H16O3/c1-18-14-8-10-15(11-9-14)19-16(17)12-7-13-5-3-2-4-6-13/h2-6,8-11H,7,12H2,1H3. The number of methoxy groups -OCH3 is 1. The number of hydrogen-bond acceptors (Lipinski definition) is 3. The molecule has 0 aliphatic carbocycles. The molecule has 2 rings (SSSR count). The fourth-order valence-corrected chi connectivity index (χ4v) is 1.72. The van der Waals surface area contributed by atoms with Crippen LogP contribution >= 0.6 is 0 Å². The molecule has 0 saturated heterocycles. The van der Waals surface area contributed by atoms with E-state index in [1.54, 1.807) is 31.4 Å². The van der Waals surface area contributed by atoms with Gasteiger partial charge in [-0.05, 0) is 36.2 Å². The van der Waals surface area contributed by atoms with E-state index in [4.69, 9.17) is 9.47 Å². The molecule has 2 aromatic rings. The van der Waals surface area contributed by atoms with E-state index in [0.29, 0.717) is 18.6 Å². The predicted octanol–water partition coefficient (Wildman–Crippen LogP) is 3.23. The average molecular weight is 256 g/mol. The van der Waals surface area contributed by atoms with Crippen molar-refractivity contribution in [3.05, 3.63) is 60.2 Å². The summed E-state index contributed by atoms with van der Waals surface area (Å²) in [4.78, 5) is 11.7. The van der Waals surface area contributed by atoms with Crippen LogP contribution in [0.1, 0.15) is 12.0 Å². The van der Waals surface area contributed by atoms with Crippen molar-refractivity contribution in [2.45, 2.75) is 12.8 Å². The van der Waals surface area contributed by atoms with Crippen LogP contribution in [0.15, 0.2) is 54.6 Å². The molecule has 0 bridgehead atoms. The second-order valence-electron chi connectivity index (χ2n) is 4.14. The Morgan fingerprint density at radius 2 is 1.58 bits per heavy atom. The van der Waals surface area contributed by atoms with Gasteiger partial charge in [0.05, 0.1) is 7.11 Å². The molecule has 0 saturated carbocycles. The van der Waals surface area contributed by atoms with Crippen molar-refractivity contribution in [1.29, 1.82) is 0 Å². The molecule has 19 heavy (non-hydrogen) atoms. The topological polar surface area (TPSA) is 35.5 Å². The van der Waals surface area contributed by atoms with Gasteiger partial charge in [-0.25, -0.2) is 0 Å². The largest absolute Gasteiger partial charge is 0.497 e. The minimum absolute atomic E-state index is 0.228. The molecule has 2 aromatic carbocycles. The Kier molecular flexibility index (Phi) is 4.56. The van der Waals surface area contributed by atoms with Crippen molar-refractivity contribution >= 4 is 5.97 Å². The summed E-state index contributed by atoms with van der Waals surface area (Å²) in [5, 5.41) is 0. The molecule has 0 atom stereocenters. The molecule has 0 N–H and O–H groups in total. The monoisotopic (exact) mass is 256 g/mol. The van der Waals surface area contributed by atoms with Gasteiger partial charge in [0.15, 0.2) is 0 Å². The Morgan fingerprint density at radius 1 is 0.947 bits per heavy atom. The van der Waals surface area contributed by atoms with Gasteiger partial charge in [-0.1, -0.05) is 30.3 Å². The molecule has 0 spiro atoms. The van der Waals surface area contributed by atoms with Crippen LogP contribution in [0.2, 0.25) is 0 Å². The van der Waals surface area contributed by atoms with Crippen molar-refractivity contribution in [3.63, 3.8) is 0 Å². The zero-order valence-corrected chi connectivity index (χ0v) is 10.8. The van der Waals surface area contributed by atoms with E-state index in [0.717, 1.165) is 11.3 Å². The lowest BCUT2D eigenvalue weighted by Crippen LogP contribution is -2.08. The quantitative estimate of drug-likeness (QED) is 0.608. The van der Waals surface area contributed by atoms with Crippen LogP contribution in [-0.2, 0) is 11.2 Å². The lowest BCUT2D eigenvalue weighted by Gasteiger charge is -2.05. The maximum absolute atomic E-state index is 11.7. The molecule has 3 nitrogen and oxygen atoms in total. The van der Waals surface area contributed by atoms with Crippen LogP contribution in [0.5, 0.6) is 11.5 Å². The molecular weight excluding hydrogens is 240 g/mol. The first-order valence-corrected chi connectivity index (χ1v) is 6.16. The van der Waals surface area contributed by atoms with Crippen LogP contribution in [0.4, 0.5) is 0 Å². The van der Waals surface area contributed by atoms with Crippen LogP contribution in [0.25, 0.3) is 0 Å². The number of benzene rings is 2. The van der Waals surface area contributed by atoms with Gasteiger partial charge in [0, 0.05) is 6.42 Å². The van der Waals surface area contributed by atoms with Gasteiger partial charge in [-0.15, -0.1) is 0 Å². The molecule has 0 aromatic heterocycles. The van der Waals surface area contributed by atoms with Crippen LogP contribution in [0.3, 0.4) is 0 Å². The minimum Gasteiger partial charge on any atom is -0.497 e. The van der Waals surface area contributed by atoms with E-state index in [-0.39, 0.29) is 5.97 Å². The smallest absolute Gasteiger partial charge is 0.311 e. The Balaban J connectivity index is 1.83. The van der Waals surface area contributed by atoms with E-state index < -0.39 is 0 Å². The van der Waals surface area contributed by atoms with Crippen LogP contribution in [-0.4, -0.2) is 13.1 Å². The molecule has 0 aliphatic rings. The summed E-state index contributed by atoms with van der Waals surface area (Å²) in [6.45, 7) is 0. The molecule has 0 amide bonds. The molecule has 0 heterocycles. The van der Waals surface area contributed by atoms with Gasteiger partial charge < -0.3 is 9.47 Å². The fourth-order valence-electron chi connectivity index (χ4n) is 1.72. The first-order valence-electron chi connectivity index (χ1n) is 6.16. The summed E-state index contributed by atoms with van der Waals surface area (Å²) in [6.07, 6.45) is 1.06. The zero-order valence-electron chi connectivity index (χ0n) is 10.8. The SMILES string of the molecule is COc1ccc(OC(=O)CCc2ccccc2)cc1. The summed E-state index contributed by atoms with van der Waals surface area (Å²) in [7, 11) is 1.60. The summed E-state index contributed by atoms with van der Waals surface area (Å²) in [5.41, 5.74) is 1.13. The molecule has 0 fully saturated rings. The summed E-state index contributed by atoms with van der Waals surface area (Å²) in [5.74, 6) is 1.05. The Morgan fingerprint density at radius 3 is 2.21 bits per heavy atom. The Hall–Kier alpha value is -2.29. The zero-order chi connectivity index (χ0) is 13.5. The van der Waals surface area contributed by atoms with Gasteiger partial charge in [0.25, 0.3) is 0 Å². The second-order valence-corrected chi connectivity index (χ2v) is 4.14. The van der Waals surface area contributed by atoms with Crippen molar-refractivity contribution in [2.75, 3.05) is 7.11 Å². The molecule has 3 heteroatoms. The lowest BCUT2D eigenvalue weighted by molar-refractivity contribution is -0.134. The molecule has 0 unspecified atom stereocenters. The highest BCUT2D eigenvalue weighted by Gasteiger charge is 2.05. The van der Waals surface area contributed by atoms with Gasteiger partial charge in [-0.3, -0.25) is 4.79 Å². The molecule has 98 valence electrons. The third-order valence-corrected chi connectivity index (χ3v) is 2.75. The third kappa shape index (κ3) is 4.14. The summed E-state index contributed by atoms with van der Waals surface area (Å²) < 4.78 is 10.3. The van der Waals surface area contributed by atoms with E-state index in [2.05, 4.69) is 0 Å². The number of ether oxygens (including phenoxy) is 2. The number of carbonyl (C=O) groups is 1. The van der Waals surface area contributed by atoms with E-state index in [1.807, 2.05) is 30.3 Å². The minimum atomic E-state index is -0.228. The van der Waals surface area contributed by atoms with Crippen molar-refractivity contribution in [2.24, 2.45) is 0 Å². The first kappa shape index (κ1) is 13.1. The van der Waals surface area contributed by atoms with Crippen molar-refractivity contribution < 1.29 is 14.3 Å². The molecule has 0 aliphatic heterocycles. The van der Waals surface area contributed by atoms with Crippen molar-refractivity contribution in [3.8, 4) is 11.5 Å². The Bertz CT molecular complexity index is 517.